The SMILES string of the molecule is Cc1cc([C@@H](C)Nc2ccc(Cl)nc2S(=O)(=O)NC(C)(C)C)c2oc(-c3cc[nH]c(=O)c3)c(C)c(=O)c2c1. The highest BCUT2D eigenvalue weighted by Gasteiger charge is 2.28. The quantitative estimate of drug-likeness (QED) is 0.282. The van der Waals surface area contributed by atoms with Crippen molar-refractivity contribution in [2.45, 2.75) is 58.1 Å². The van der Waals surface area contributed by atoms with Gasteiger partial charge in [0.1, 0.15) is 16.5 Å². The molecule has 3 N–H and O–H groups in total. The molecule has 0 radical (unpaired) electrons. The van der Waals surface area contributed by atoms with Crippen LogP contribution in [-0.4, -0.2) is 23.9 Å². The molecule has 1 atom stereocenters. The van der Waals surface area contributed by atoms with Gasteiger partial charge in [-0.3, -0.25) is 9.59 Å². The minimum atomic E-state index is -4.02. The van der Waals surface area contributed by atoms with Gasteiger partial charge >= 0.3 is 0 Å². The number of benzene rings is 1. The number of hydrogen-bond acceptors (Lipinski definition) is 7. The zero-order chi connectivity index (χ0) is 28.0. The van der Waals surface area contributed by atoms with Gasteiger partial charge in [0, 0.05) is 34.5 Å². The monoisotopic (exact) mass is 556 g/mol. The van der Waals surface area contributed by atoms with E-state index in [9.17, 15) is 18.0 Å². The zero-order valence-corrected chi connectivity index (χ0v) is 23.5. The first-order valence-electron chi connectivity index (χ1n) is 11.9. The molecule has 3 heterocycles. The Morgan fingerprint density at radius 3 is 2.45 bits per heavy atom. The third-order valence-corrected chi connectivity index (χ3v) is 7.70. The Balaban J connectivity index is 1.87. The number of sulfonamides is 1. The van der Waals surface area contributed by atoms with Crippen molar-refractivity contribution in [1.29, 1.82) is 0 Å². The first-order valence-corrected chi connectivity index (χ1v) is 13.8. The number of aryl methyl sites for hydroxylation is 1. The number of anilines is 1. The van der Waals surface area contributed by atoms with Crippen LogP contribution in [-0.2, 0) is 10.0 Å². The highest BCUT2D eigenvalue weighted by Crippen LogP contribution is 2.33. The molecule has 9 nitrogen and oxygen atoms in total. The van der Waals surface area contributed by atoms with Crippen molar-refractivity contribution in [3.8, 4) is 11.3 Å². The lowest BCUT2D eigenvalue weighted by Crippen LogP contribution is -2.41. The van der Waals surface area contributed by atoms with E-state index in [1.54, 1.807) is 45.9 Å². The lowest BCUT2D eigenvalue weighted by molar-refractivity contribution is 0.490. The molecule has 0 saturated heterocycles. The van der Waals surface area contributed by atoms with Gasteiger partial charge in [-0.25, -0.2) is 18.1 Å². The fraction of sp³-hybridized carbons (Fsp3) is 0.296. The van der Waals surface area contributed by atoms with Crippen molar-refractivity contribution in [1.82, 2.24) is 14.7 Å². The van der Waals surface area contributed by atoms with Gasteiger partial charge in [-0.1, -0.05) is 17.7 Å². The summed E-state index contributed by atoms with van der Waals surface area (Å²) in [6.45, 7) is 10.5. The second-order valence-electron chi connectivity index (χ2n) is 10.3. The lowest BCUT2D eigenvalue weighted by atomic mass is 9.99. The molecule has 0 fully saturated rings. The molecular weight excluding hydrogens is 528 g/mol. The number of pyridine rings is 2. The molecular formula is C27H29ClN4O5S. The normalized spacial score (nSPS) is 13.0. The number of fused-ring (bicyclic) bond motifs is 1. The number of hydrogen-bond donors (Lipinski definition) is 3. The predicted molar refractivity (Wildman–Crippen MR) is 149 cm³/mol. The predicted octanol–water partition coefficient (Wildman–Crippen LogP) is 5.06. The van der Waals surface area contributed by atoms with Gasteiger partial charge in [0.15, 0.2) is 10.5 Å². The maximum Gasteiger partial charge on any atom is 0.260 e. The van der Waals surface area contributed by atoms with Crippen molar-refractivity contribution in [2.24, 2.45) is 0 Å². The van der Waals surface area contributed by atoms with Crippen LogP contribution in [0.25, 0.3) is 22.3 Å². The molecule has 200 valence electrons. The smallest absolute Gasteiger partial charge is 0.260 e. The zero-order valence-electron chi connectivity index (χ0n) is 21.9. The van der Waals surface area contributed by atoms with E-state index >= 15 is 0 Å². The minimum Gasteiger partial charge on any atom is -0.455 e. The second kappa shape index (κ2) is 10.0. The number of halogens is 1. The Morgan fingerprint density at radius 2 is 1.79 bits per heavy atom. The molecule has 0 amide bonds. The summed E-state index contributed by atoms with van der Waals surface area (Å²) in [4.78, 5) is 31.9. The molecule has 0 unspecified atom stereocenters. The standard InChI is InChI=1S/C27H29ClN4O5S/c1-14-11-18(16(3)30-20-7-8-21(28)31-26(20)38(35,36)32-27(4,5)6)25-19(12-14)23(34)15(2)24(37-25)17-9-10-29-22(33)13-17/h7-13,16,30,32H,1-6H3,(H,29,33)/t16-/m1/s1. The van der Waals surface area contributed by atoms with Crippen molar-refractivity contribution >= 4 is 38.3 Å². The third-order valence-electron chi connectivity index (χ3n) is 5.79. The summed E-state index contributed by atoms with van der Waals surface area (Å²) >= 11 is 6.06. The van der Waals surface area contributed by atoms with E-state index in [-0.39, 0.29) is 32.6 Å². The number of aromatic nitrogens is 2. The van der Waals surface area contributed by atoms with Gasteiger partial charge < -0.3 is 14.7 Å². The summed E-state index contributed by atoms with van der Waals surface area (Å²) < 4.78 is 35.2. The van der Waals surface area contributed by atoms with Crippen molar-refractivity contribution in [3.05, 3.63) is 85.0 Å². The van der Waals surface area contributed by atoms with E-state index in [0.29, 0.717) is 27.7 Å². The number of nitrogens with one attached hydrogen (secondary N) is 3. The minimum absolute atomic E-state index is 0.0301. The van der Waals surface area contributed by atoms with E-state index in [2.05, 4.69) is 20.0 Å². The maximum atomic E-state index is 13.4. The summed E-state index contributed by atoms with van der Waals surface area (Å²) in [7, 11) is -4.02. The molecule has 3 aromatic heterocycles. The first kappa shape index (κ1) is 27.6. The number of rotatable bonds is 6. The van der Waals surface area contributed by atoms with E-state index < -0.39 is 21.6 Å². The van der Waals surface area contributed by atoms with E-state index in [1.165, 1.54) is 18.3 Å². The Morgan fingerprint density at radius 1 is 1.08 bits per heavy atom. The molecule has 4 aromatic rings. The molecule has 0 bridgehead atoms. The Bertz CT molecular complexity index is 1770. The topological polar surface area (TPSA) is 134 Å². The van der Waals surface area contributed by atoms with Crippen LogP contribution in [0.15, 0.2) is 61.6 Å². The fourth-order valence-corrected chi connectivity index (χ4v) is 5.98. The van der Waals surface area contributed by atoms with Crippen LogP contribution >= 0.6 is 11.6 Å². The number of nitrogens with zero attached hydrogens (tertiary/aromatic N) is 1. The van der Waals surface area contributed by atoms with Crippen LogP contribution < -0.4 is 21.0 Å². The average Bonchev–Trinajstić information content (AvgIpc) is 2.80. The van der Waals surface area contributed by atoms with Gasteiger partial charge in [-0.15, -0.1) is 0 Å². The van der Waals surface area contributed by atoms with Gasteiger partial charge in [0.25, 0.3) is 10.0 Å². The number of aromatic amines is 1. The average molecular weight is 557 g/mol. The highest BCUT2D eigenvalue weighted by molar-refractivity contribution is 7.89. The van der Waals surface area contributed by atoms with Crippen LogP contribution in [0.1, 0.15) is 50.4 Å². The van der Waals surface area contributed by atoms with E-state index in [1.807, 2.05) is 19.9 Å². The Hall–Kier alpha value is -3.47. The van der Waals surface area contributed by atoms with Gasteiger partial charge in [0.05, 0.1) is 17.1 Å². The van der Waals surface area contributed by atoms with Crippen LogP contribution in [0.4, 0.5) is 5.69 Å². The van der Waals surface area contributed by atoms with Crippen LogP contribution in [0.2, 0.25) is 5.15 Å². The first-order chi connectivity index (χ1) is 17.7. The van der Waals surface area contributed by atoms with Gasteiger partial charge in [0.2, 0.25) is 5.56 Å². The van der Waals surface area contributed by atoms with Crippen molar-refractivity contribution in [3.63, 3.8) is 0 Å². The van der Waals surface area contributed by atoms with Gasteiger partial charge in [-0.05, 0) is 71.4 Å². The molecule has 0 aliphatic rings. The van der Waals surface area contributed by atoms with Crippen LogP contribution in [0, 0.1) is 13.8 Å². The Kier molecular flexibility index (Phi) is 7.26. The second-order valence-corrected chi connectivity index (χ2v) is 12.3. The van der Waals surface area contributed by atoms with Crippen LogP contribution in [0.5, 0.6) is 0 Å². The fourth-order valence-electron chi connectivity index (χ4n) is 4.25. The molecule has 0 saturated carbocycles. The molecule has 11 heteroatoms. The summed E-state index contributed by atoms with van der Waals surface area (Å²) in [5.74, 6) is 0.289. The largest absolute Gasteiger partial charge is 0.455 e. The van der Waals surface area contributed by atoms with Crippen molar-refractivity contribution in [2.75, 3.05) is 5.32 Å². The molecule has 0 aliphatic heterocycles. The van der Waals surface area contributed by atoms with E-state index in [0.717, 1.165) is 5.56 Å². The molecule has 4 rings (SSSR count). The van der Waals surface area contributed by atoms with Gasteiger partial charge in [-0.2, -0.15) is 0 Å². The molecule has 1 aromatic carbocycles. The number of H-pyrrole nitrogens is 1. The Labute approximate surface area is 225 Å². The summed E-state index contributed by atoms with van der Waals surface area (Å²) in [6.07, 6.45) is 1.49. The highest BCUT2D eigenvalue weighted by atomic mass is 35.5. The third kappa shape index (κ3) is 5.67. The molecule has 38 heavy (non-hydrogen) atoms. The van der Waals surface area contributed by atoms with Crippen molar-refractivity contribution < 1.29 is 12.8 Å². The lowest BCUT2D eigenvalue weighted by Gasteiger charge is -2.23. The molecule has 0 aliphatic carbocycles. The summed E-state index contributed by atoms with van der Waals surface area (Å²) in [6, 6.07) is 9.17. The van der Waals surface area contributed by atoms with Crippen LogP contribution in [0.3, 0.4) is 0 Å². The summed E-state index contributed by atoms with van der Waals surface area (Å²) in [5.41, 5.74) is 1.59. The maximum absolute atomic E-state index is 13.4. The molecule has 0 spiro atoms. The summed E-state index contributed by atoms with van der Waals surface area (Å²) in [5, 5.41) is 3.38. The van der Waals surface area contributed by atoms with E-state index in [4.69, 9.17) is 16.0 Å².